The number of hydrogen-bond acceptors (Lipinski definition) is 2. The van der Waals surface area contributed by atoms with Crippen molar-refractivity contribution in [3.63, 3.8) is 0 Å². The Kier molecular flexibility index (Phi) is 5.94. The van der Waals surface area contributed by atoms with E-state index < -0.39 is 0 Å². The molecule has 1 amide bonds. The van der Waals surface area contributed by atoms with Gasteiger partial charge < -0.3 is 5.32 Å². The molecule has 25 heavy (non-hydrogen) atoms. The molecular weight excluding hydrogens is 362 g/mol. The second-order valence-electron chi connectivity index (χ2n) is 6.29. The first kappa shape index (κ1) is 18.2. The number of amides is 1. The Labute approximate surface area is 156 Å². The minimum atomic E-state index is -0.180. The van der Waals surface area contributed by atoms with Gasteiger partial charge in [-0.2, -0.15) is 0 Å². The molecule has 1 aliphatic heterocycles. The topological polar surface area (TPSA) is 32.3 Å². The molecule has 0 spiro atoms. The van der Waals surface area contributed by atoms with E-state index in [4.69, 9.17) is 23.2 Å². The molecule has 0 unspecified atom stereocenters. The van der Waals surface area contributed by atoms with Crippen LogP contribution in [0.4, 0.5) is 10.1 Å². The van der Waals surface area contributed by atoms with Crippen molar-refractivity contribution < 1.29 is 9.18 Å². The van der Waals surface area contributed by atoms with Crippen LogP contribution in [-0.2, 0) is 11.3 Å². The van der Waals surface area contributed by atoms with Crippen LogP contribution < -0.4 is 5.32 Å². The zero-order valence-corrected chi connectivity index (χ0v) is 15.2. The number of likely N-dealkylation sites (tertiary alicyclic amines) is 1. The van der Waals surface area contributed by atoms with Crippen LogP contribution in [-0.4, -0.2) is 23.9 Å². The first-order chi connectivity index (χ1) is 12.0. The highest BCUT2D eigenvalue weighted by Gasteiger charge is 2.25. The summed E-state index contributed by atoms with van der Waals surface area (Å²) >= 11 is 11.9. The summed E-state index contributed by atoms with van der Waals surface area (Å²) in [5, 5.41) is 3.86. The highest BCUT2D eigenvalue weighted by molar-refractivity contribution is 6.35. The first-order valence-electron chi connectivity index (χ1n) is 8.24. The zero-order valence-electron chi connectivity index (χ0n) is 13.6. The number of anilines is 1. The number of nitrogens with zero attached hydrogens (tertiary/aromatic N) is 1. The smallest absolute Gasteiger partial charge is 0.227 e. The van der Waals surface area contributed by atoms with Crippen LogP contribution in [0, 0.1) is 11.7 Å². The number of halogens is 3. The fourth-order valence-electron chi connectivity index (χ4n) is 3.09. The van der Waals surface area contributed by atoms with E-state index in [9.17, 15) is 9.18 Å². The predicted octanol–water partition coefficient (Wildman–Crippen LogP) is 4.98. The molecule has 0 aromatic heterocycles. The molecule has 0 aliphatic carbocycles. The molecule has 0 bridgehead atoms. The molecule has 1 aliphatic rings. The van der Waals surface area contributed by atoms with E-state index in [-0.39, 0.29) is 17.6 Å². The summed E-state index contributed by atoms with van der Waals surface area (Å²) in [5.41, 5.74) is 1.30. The zero-order chi connectivity index (χ0) is 17.8. The molecular formula is C19H19Cl2FN2O. The summed E-state index contributed by atoms with van der Waals surface area (Å²) in [6, 6.07) is 11.8. The van der Waals surface area contributed by atoms with E-state index in [1.54, 1.807) is 30.3 Å². The third kappa shape index (κ3) is 4.94. The van der Waals surface area contributed by atoms with Gasteiger partial charge in [0.15, 0.2) is 0 Å². The maximum Gasteiger partial charge on any atom is 0.227 e. The van der Waals surface area contributed by atoms with Gasteiger partial charge in [-0.25, -0.2) is 4.39 Å². The molecule has 132 valence electrons. The summed E-state index contributed by atoms with van der Waals surface area (Å²) in [7, 11) is 0. The fourth-order valence-corrected chi connectivity index (χ4v) is 3.62. The summed E-state index contributed by atoms with van der Waals surface area (Å²) < 4.78 is 13.7. The van der Waals surface area contributed by atoms with E-state index in [1.807, 2.05) is 6.07 Å². The summed E-state index contributed by atoms with van der Waals surface area (Å²) in [4.78, 5) is 14.6. The Balaban J connectivity index is 1.53. The second kappa shape index (κ2) is 8.17. The normalized spacial score (nSPS) is 16.0. The monoisotopic (exact) mass is 380 g/mol. The van der Waals surface area contributed by atoms with Gasteiger partial charge in [0.1, 0.15) is 5.82 Å². The number of benzene rings is 2. The van der Waals surface area contributed by atoms with Crippen molar-refractivity contribution in [1.82, 2.24) is 4.90 Å². The maximum absolute atomic E-state index is 13.7. The molecule has 3 nitrogen and oxygen atoms in total. The number of carbonyl (C=O) groups is 1. The van der Waals surface area contributed by atoms with Crippen molar-refractivity contribution in [1.29, 1.82) is 0 Å². The molecule has 1 saturated heterocycles. The average Bonchev–Trinajstić information content (AvgIpc) is 2.56. The molecule has 0 atom stereocenters. The lowest BCUT2D eigenvalue weighted by molar-refractivity contribution is -0.121. The van der Waals surface area contributed by atoms with Crippen molar-refractivity contribution in [2.75, 3.05) is 18.4 Å². The van der Waals surface area contributed by atoms with Crippen molar-refractivity contribution in [2.24, 2.45) is 5.92 Å². The molecule has 2 aromatic rings. The van der Waals surface area contributed by atoms with Crippen molar-refractivity contribution in [3.05, 3.63) is 63.9 Å². The van der Waals surface area contributed by atoms with Gasteiger partial charge >= 0.3 is 0 Å². The molecule has 1 N–H and O–H groups in total. The van der Waals surface area contributed by atoms with Gasteiger partial charge in [-0.05, 0) is 50.2 Å². The lowest BCUT2D eigenvalue weighted by atomic mass is 9.95. The van der Waals surface area contributed by atoms with Crippen LogP contribution in [0.3, 0.4) is 0 Å². The van der Waals surface area contributed by atoms with E-state index >= 15 is 0 Å². The van der Waals surface area contributed by atoms with Crippen LogP contribution in [0.1, 0.15) is 18.4 Å². The van der Waals surface area contributed by atoms with Gasteiger partial charge in [-0.15, -0.1) is 0 Å². The van der Waals surface area contributed by atoms with Crippen molar-refractivity contribution in [3.8, 4) is 0 Å². The molecule has 1 heterocycles. The predicted molar refractivity (Wildman–Crippen MR) is 99.5 cm³/mol. The van der Waals surface area contributed by atoms with Crippen molar-refractivity contribution in [2.45, 2.75) is 19.4 Å². The highest BCUT2D eigenvalue weighted by atomic mass is 35.5. The van der Waals surface area contributed by atoms with E-state index in [1.165, 1.54) is 6.07 Å². The minimum Gasteiger partial charge on any atom is -0.326 e. The Bertz CT molecular complexity index is 741. The summed E-state index contributed by atoms with van der Waals surface area (Å²) in [5.74, 6) is -0.265. The lowest BCUT2D eigenvalue weighted by Gasteiger charge is -2.31. The number of hydrogen-bond donors (Lipinski definition) is 1. The van der Waals surface area contributed by atoms with Crippen LogP contribution >= 0.6 is 23.2 Å². The molecule has 0 saturated carbocycles. The standard InChI is InChI=1S/C19H19Cl2FN2O/c20-15-9-16(21)11-17(10-15)23-19(25)13-5-7-24(8-6-13)12-14-3-1-2-4-18(14)22/h1-4,9-11,13H,5-8,12H2,(H,23,25). The third-order valence-corrected chi connectivity index (χ3v) is 4.88. The quantitative estimate of drug-likeness (QED) is 0.810. The molecule has 3 rings (SSSR count). The van der Waals surface area contributed by atoms with E-state index in [0.29, 0.717) is 27.8 Å². The van der Waals surface area contributed by atoms with Gasteiger partial charge in [0.05, 0.1) is 0 Å². The summed E-state index contributed by atoms with van der Waals surface area (Å²) in [6.45, 7) is 2.11. The highest BCUT2D eigenvalue weighted by Crippen LogP contribution is 2.25. The van der Waals surface area contributed by atoms with Gasteiger partial charge in [-0.1, -0.05) is 41.4 Å². The maximum atomic E-state index is 13.7. The Morgan fingerprint density at radius 1 is 1.12 bits per heavy atom. The van der Waals surface area contributed by atoms with Crippen molar-refractivity contribution >= 4 is 34.8 Å². The number of nitrogens with one attached hydrogen (secondary N) is 1. The molecule has 2 aromatic carbocycles. The molecule has 6 heteroatoms. The Morgan fingerprint density at radius 2 is 1.76 bits per heavy atom. The van der Waals surface area contributed by atoms with Gasteiger partial charge in [0.2, 0.25) is 5.91 Å². The van der Waals surface area contributed by atoms with Gasteiger partial charge in [0.25, 0.3) is 0 Å². The average molecular weight is 381 g/mol. The fraction of sp³-hybridized carbons (Fsp3) is 0.316. The van der Waals surface area contributed by atoms with E-state index in [0.717, 1.165) is 25.9 Å². The minimum absolute atomic E-state index is 0.0242. The second-order valence-corrected chi connectivity index (χ2v) is 7.16. The SMILES string of the molecule is O=C(Nc1cc(Cl)cc(Cl)c1)C1CCN(Cc2ccccc2F)CC1. The Hall–Kier alpha value is -1.62. The number of rotatable bonds is 4. The first-order valence-corrected chi connectivity index (χ1v) is 8.99. The number of carbonyl (C=O) groups excluding carboxylic acids is 1. The largest absolute Gasteiger partial charge is 0.326 e. The Morgan fingerprint density at radius 3 is 2.40 bits per heavy atom. The van der Waals surface area contributed by atoms with Crippen LogP contribution in [0.2, 0.25) is 10.0 Å². The lowest BCUT2D eigenvalue weighted by Crippen LogP contribution is -2.37. The molecule has 1 fully saturated rings. The van der Waals surface area contributed by atoms with Gasteiger partial charge in [0, 0.05) is 33.8 Å². The third-order valence-electron chi connectivity index (χ3n) is 4.44. The van der Waals surface area contributed by atoms with Gasteiger partial charge in [-0.3, -0.25) is 9.69 Å². The number of piperidine rings is 1. The van der Waals surface area contributed by atoms with Crippen LogP contribution in [0.15, 0.2) is 42.5 Å². The van der Waals surface area contributed by atoms with Crippen LogP contribution in [0.5, 0.6) is 0 Å². The summed E-state index contributed by atoms with van der Waals surface area (Å²) in [6.07, 6.45) is 1.49. The molecule has 0 radical (unpaired) electrons. The van der Waals surface area contributed by atoms with E-state index in [2.05, 4.69) is 10.2 Å². The van der Waals surface area contributed by atoms with Crippen LogP contribution in [0.25, 0.3) is 0 Å².